The third-order valence-corrected chi connectivity index (χ3v) is 7.00. The normalized spacial score (nSPS) is 11.4. The van der Waals surface area contributed by atoms with Gasteiger partial charge in [-0.3, -0.25) is 9.59 Å². The summed E-state index contributed by atoms with van der Waals surface area (Å²) in [7, 11) is 0. The molecular formula is C34H26N8O4. The zero-order valence-electron chi connectivity index (χ0n) is 24.2. The number of hydrogen-bond acceptors (Lipinski definition) is 10. The van der Waals surface area contributed by atoms with Crippen molar-refractivity contribution in [3.8, 4) is 11.5 Å². The lowest BCUT2D eigenvalue weighted by Gasteiger charge is -2.07. The molecule has 0 spiro atoms. The molecule has 0 aliphatic heterocycles. The van der Waals surface area contributed by atoms with E-state index >= 15 is 0 Å². The summed E-state index contributed by atoms with van der Waals surface area (Å²) in [4.78, 5) is 33.3. The Hall–Kier alpha value is -6.56. The summed E-state index contributed by atoms with van der Waals surface area (Å²) >= 11 is 0. The van der Waals surface area contributed by atoms with E-state index in [1.807, 2.05) is 48.5 Å². The van der Waals surface area contributed by atoms with Crippen molar-refractivity contribution in [3.05, 3.63) is 121 Å². The van der Waals surface area contributed by atoms with E-state index in [4.69, 9.17) is 0 Å². The molecule has 2 aromatic heterocycles. The molecule has 2 heterocycles. The van der Waals surface area contributed by atoms with E-state index in [-0.39, 0.29) is 48.0 Å². The van der Waals surface area contributed by atoms with Gasteiger partial charge in [0.25, 0.3) is 11.8 Å². The van der Waals surface area contributed by atoms with E-state index in [2.05, 4.69) is 41.1 Å². The van der Waals surface area contributed by atoms with Crippen LogP contribution < -0.4 is 10.6 Å². The van der Waals surface area contributed by atoms with Crippen molar-refractivity contribution in [2.24, 2.45) is 20.5 Å². The van der Waals surface area contributed by atoms with Crippen LogP contribution in [0.4, 0.5) is 23.0 Å². The highest BCUT2D eigenvalue weighted by atomic mass is 16.3. The Morgan fingerprint density at radius 3 is 1.39 bits per heavy atom. The second-order valence-corrected chi connectivity index (χ2v) is 10.0. The first kappa shape index (κ1) is 29.5. The van der Waals surface area contributed by atoms with Gasteiger partial charge in [-0.25, -0.2) is 9.97 Å². The number of azo groups is 2. The number of carbonyl (C=O) groups excluding carboxylic acids is 2. The predicted octanol–water partition coefficient (Wildman–Crippen LogP) is 7.18. The van der Waals surface area contributed by atoms with E-state index in [1.54, 1.807) is 48.5 Å². The Morgan fingerprint density at radius 1 is 0.543 bits per heavy atom. The smallest absolute Gasteiger partial charge is 0.252 e. The lowest BCUT2D eigenvalue weighted by atomic mass is 10.1. The summed E-state index contributed by atoms with van der Waals surface area (Å²) in [5.74, 6) is -0.148. The van der Waals surface area contributed by atoms with E-state index in [1.165, 1.54) is 12.4 Å². The Balaban J connectivity index is 0.965. The third kappa shape index (κ3) is 6.65. The summed E-state index contributed by atoms with van der Waals surface area (Å²) in [5, 5.41) is 45.8. The number of aromatic hydroxyl groups is 2. The van der Waals surface area contributed by atoms with Crippen LogP contribution in [-0.4, -0.2) is 45.1 Å². The number of pyridine rings is 2. The number of aromatic nitrogens is 2. The van der Waals surface area contributed by atoms with E-state index in [9.17, 15) is 19.8 Å². The SMILES string of the molecule is O=C(NCCNC(=O)c1ccc(N=Nc2ccc3ccccc3c2O)nc1)c1ccc(N=Nc2ccc3ccccc3c2O)nc1. The lowest BCUT2D eigenvalue weighted by molar-refractivity contribution is 0.0927. The summed E-state index contributed by atoms with van der Waals surface area (Å²) in [5.41, 5.74) is 1.23. The van der Waals surface area contributed by atoms with Gasteiger partial charge in [0.2, 0.25) is 0 Å². The molecule has 226 valence electrons. The second-order valence-electron chi connectivity index (χ2n) is 10.0. The van der Waals surface area contributed by atoms with Crippen LogP contribution in [0.1, 0.15) is 20.7 Å². The molecule has 12 nitrogen and oxygen atoms in total. The molecule has 0 aliphatic rings. The van der Waals surface area contributed by atoms with Gasteiger partial charge in [-0.15, -0.1) is 20.5 Å². The minimum absolute atomic E-state index is 0.0272. The van der Waals surface area contributed by atoms with Gasteiger partial charge in [0.15, 0.2) is 23.1 Å². The highest BCUT2D eigenvalue weighted by Crippen LogP contribution is 2.36. The molecule has 2 amide bonds. The molecule has 0 aliphatic carbocycles. The van der Waals surface area contributed by atoms with Crippen molar-refractivity contribution in [1.29, 1.82) is 0 Å². The Morgan fingerprint density at radius 2 is 0.978 bits per heavy atom. The molecule has 4 aromatic carbocycles. The maximum Gasteiger partial charge on any atom is 0.252 e. The number of phenols is 2. The Bertz CT molecular complexity index is 1960. The van der Waals surface area contributed by atoms with E-state index in [0.717, 1.165) is 10.8 Å². The van der Waals surface area contributed by atoms with Gasteiger partial charge in [0.1, 0.15) is 11.4 Å². The molecule has 0 saturated carbocycles. The van der Waals surface area contributed by atoms with E-state index < -0.39 is 0 Å². The van der Waals surface area contributed by atoms with Gasteiger partial charge in [0.05, 0.1) is 11.1 Å². The van der Waals surface area contributed by atoms with Crippen LogP contribution in [0.3, 0.4) is 0 Å². The Labute approximate surface area is 262 Å². The zero-order valence-corrected chi connectivity index (χ0v) is 24.2. The molecule has 0 radical (unpaired) electrons. The maximum absolute atomic E-state index is 12.5. The number of carbonyl (C=O) groups is 2. The summed E-state index contributed by atoms with van der Waals surface area (Å²) < 4.78 is 0. The third-order valence-electron chi connectivity index (χ3n) is 7.00. The molecular weight excluding hydrogens is 584 g/mol. The van der Waals surface area contributed by atoms with Crippen LogP contribution in [0.25, 0.3) is 21.5 Å². The van der Waals surface area contributed by atoms with Crippen molar-refractivity contribution in [2.45, 2.75) is 0 Å². The highest BCUT2D eigenvalue weighted by molar-refractivity contribution is 5.95. The molecule has 0 atom stereocenters. The first-order valence-corrected chi connectivity index (χ1v) is 14.2. The molecule has 12 heteroatoms. The quantitative estimate of drug-likeness (QED) is 0.0996. The molecule has 6 rings (SSSR count). The average Bonchev–Trinajstić information content (AvgIpc) is 3.10. The highest BCUT2D eigenvalue weighted by Gasteiger charge is 2.10. The van der Waals surface area contributed by atoms with Gasteiger partial charge in [-0.2, -0.15) is 0 Å². The molecule has 0 unspecified atom stereocenters. The number of phenolic OH excluding ortho intramolecular Hbond substituents is 2. The van der Waals surface area contributed by atoms with Crippen LogP contribution in [-0.2, 0) is 0 Å². The lowest BCUT2D eigenvalue weighted by Crippen LogP contribution is -2.34. The number of amides is 2. The topological polar surface area (TPSA) is 174 Å². The molecule has 0 fully saturated rings. The summed E-state index contributed by atoms with van der Waals surface area (Å²) in [6.07, 6.45) is 2.74. The van der Waals surface area contributed by atoms with Gasteiger partial charge < -0.3 is 20.8 Å². The maximum atomic E-state index is 12.5. The molecule has 4 N–H and O–H groups in total. The van der Waals surface area contributed by atoms with Gasteiger partial charge in [0, 0.05) is 36.3 Å². The van der Waals surface area contributed by atoms with Crippen LogP contribution in [0.5, 0.6) is 11.5 Å². The van der Waals surface area contributed by atoms with Gasteiger partial charge in [-0.05, 0) is 47.2 Å². The first-order valence-electron chi connectivity index (χ1n) is 14.2. The largest absolute Gasteiger partial charge is 0.505 e. The number of hydrogen-bond donors (Lipinski definition) is 4. The fraction of sp³-hybridized carbons (Fsp3) is 0.0588. The average molecular weight is 611 g/mol. The molecule has 0 bridgehead atoms. The van der Waals surface area contributed by atoms with Crippen LogP contribution in [0, 0.1) is 0 Å². The van der Waals surface area contributed by atoms with Gasteiger partial charge >= 0.3 is 0 Å². The zero-order chi connectivity index (χ0) is 31.9. The minimum atomic E-state index is -0.369. The number of nitrogens with one attached hydrogen (secondary N) is 2. The number of fused-ring (bicyclic) bond motifs is 2. The van der Waals surface area contributed by atoms with Crippen molar-refractivity contribution in [2.75, 3.05) is 13.1 Å². The fourth-order valence-corrected chi connectivity index (χ4v) is 4.57. The number of rotatable bonds is 9. The second kappa shape index (κ2) is 13.4. The summed E-state index contributed by atoms with van der Waals surface area (Å²) in [6, 6.07) is 28.0. The van der Waals surface area contributed by atoms with Crippen molar-refractivity contribution >= 4 is 56.4 Å². The number of benzene rings is 4. The molecule has 46 heavy (non-hydrogen) atoms. The Kier molecular flexibility index (Phi) is 8.59. The van der Waals surface area contributed by atoms with Crippen LogP contribution >= 0.6 is 0 Å². The number of nitrogens with zero attached hydrogens (tertiary/aromatic N) is 6. The van der Waals surface area contributed by atoms with Gasteiger partial charge in [-0.1, -0.05) is 60.7 Å². The first-order chi connectivity index (χ1) is 22.5. The minimum Gasteiger partial charge on any atom is -0.505 e. The standard InChI is InChI=1S/C34H26N8O4/c43-31-25-7-3-1-5-21(25)9-13-27(31)39-41-29-15-11-23(19-37-29)33(45)35-17-18-36-34(46)24-12-16-30(38-20-24)42-40-28-14-10-22-6-2-4-8-26(22)32(28)44/h1-16,19-20,43-44H,17-18H2,(H,35,45)(H,36,46). The predicted molar refractivity (Wildman–Crippen MR) is 173 cm³/mol. The molecule has 0 saturated heterocycles. The van der Waals surface area contributed by atoms with Crippen LogP contribution in [0.2, 0.25) is 0 Å². The van der Waals surface area contributed by atoms with Crippen molar-refractivity contribution < 1.29 is 19.8 Å². The van der Waals surface area contributed by atoms with Crippen molar-refractivity contribution in [1.82, 2.24) is 20.6 Å². The fourth-order valence-electron chi connectivity index (χ4n) is 4.57. The van der Waals surface area contributed by atoms with Crippen LogP contribution in [0.15, 0.2) is 130 Å². The van der Waals surface area contributed by atoms with E-state index in [0.29, 0.717) is 33.3 Å². The molecule has 6 aromatic rings. The monoisotopic (exact) mass is 610 g/mol. The summed E-state index contributed by atoms with van der Waals surface area (Å²) in [6.45, 7) is 0.366. The van der Waals surface area contributed by atoms with Crippen molar-refractivity contribution in [3.63, 3.8) is 0 Å².